The van der Waals surface area contributed by atoms with Gasteiger partial charge in [0, 0.05) is 19.1 Å². The summed E-state index contributed by atoms with van der Waals surface area (Å²) in [4.78, 5) is 2.68. The van der Waals surface area contributed by atoms with Crippen molar-refractivity contribution in [3.8, 4) is 0 Å². The summed E-state index contributed by atoms with van der Waals surface area (Å²) in [6.45, 7) is 7.30. The zero-order valence-corrected chi connectivity index (χ0v) is 11.0. The van der Waals surface area contributed by atoms with Gasteiger partial charge in [0.2, 0.25) is 0 Å². The summed E-state index contributed by atoms with van der Waals surface area (Å²) >= 11 is 0. The molecule has 1 aliphatic heterocycles. The van der Waals surface area contributed by atoms with Crippen LogP contribution < -0.4 is 0 Å². The van der Waals surface area contributed by atoms with Crippen LogP contribution in [0, 0.1) is 11.8 Å². The van der Waals surface area contributed by atoms with E-state index in [1.165, 1.54) is 25.9 Å². The van der Waals surface area contributed by atoms with Crippen molar-refractivity contribution < 1.29 is 0 Å². The summed E-state index contributed by atoms with van der Waals surface area (Å²) in [5.74, 6) is 2.64. The molecule has 92 valence electrons. The summed E-state index contributed by atoms with van der Waals surface area (Å²) in [5.41, 5.74) is 1.59. The van der Waals surface area contributed by atoms with E-state index in [0.717, 1.165) is 23.8 Å². The Kier molecular flexibility index (Phi) is 2.96. The van der Waals surface area contributed by atoms with Crippen molar-refractivity contribution in [1.82, 2.24) is 4.90 Å². The van der Waals surface area contributed by atoms with Crippen molar-refractivity contribution in [2.45, 2.75) is 38.6 Å². The van der Waals surface area contributed by atoms with Gasteiger partial charge in [-0.3, -0.25) is 0 Å². The third-order valence-corrected chi connectivity index (χ3v) is 4.78. The molecule has 1 nitrogen and oxygen atoms in total. The summed E-state index contributed by atoms with van der Waals surface area (Å²) in [5, 5.41) is 0. The fourth-order valence-electron chi connectivity index (χ4n) is 3.90. The highest BCUT2D eigenvalue weighted by Crippen LogP contribution is 2.48. The van der Waals surface area contributed by atoms with Crippen LogP contribution in [0.2, 0.25) is 0 Å². The van der Waals surface area contributed by atoms with Gasteiger partial charge in [0.1, 0.15) is 0 Å². The molecule has 0 spiro atoms. The van der Waals surface area contributed by atoms with Gasteiger partial charge < -0.3 is 4.90 Å². The van der Waals surface area contributed by atoms with Crippen LogP contribution in [0.4, 0.5) is 0 Å². The molecule has 1 aliphatic carbocycles. The van der Waals surface area contributed by atoms with E-state index in [4.69, 9.17) is 0 Å². The lowest BCUT2D eigenvalue weighted by Crippen LogP contribution is -2.44. The molecular weight excluding hydrogens is 206 g/mol. The maximum Gasteiger partial charge on any atom is 0.00388 e. The highest BCUT2D eigenvalue weighted by Gasteiger charge is 2.42. The minimum absolute atomic E-state index is 0.717. The Labute approximate surface area is 105 Å². The second-order valence-corrected chi connectivity index (χ2v) is 6.08. The minimum Gasteiger partial charge on any atom is -0.300 e. The Morgan fingerprint density at radius 3 is 2.12 bits per heavy atom. The zero-order valence-electron chi connectivity index (χ0n) is 11.0. The summed E-state index contributed by atoms with van der Waals surface area (Å²) in [6, 6.07) is 11.9. The zero-order chi connectivity index (χ0) is 11.8. The largest absolute Gasteiger partial charge is 0.300 e. The Morgan fingerprint density at radius 2 is 1.59 bits per heavy atom. The van der Waals surface area contributed by atoms with E-state index >= 15 is 0 Å². The molecule has 1 heterocycles. The number of rotatable bonds is 2. The Morgan fingerprint density at radius 1 is 1.00 bits per heavy atom. The predicted molar refractivity (Wildman–Crippen MR) is 72.1 cm³/mol. The fraction of sp³-hybridized carbons (Fsp3) is 0.625. The Bertz CT molecular complexity index is 356. The van der Waals surface area contributed by atoms with Crippen LogP contribution in [0.25, 0.3) is 0 Å². The van der Waals surface area contributed by atoms with Crippen LogP contribution in [0.15, 0.2) is 30.3 Å². The van der Waals surface area contributed by atoms with E-state index < -0.39 is 0 Å². The monoisotopic (exact) mass is 229 g/mol. The molecule has 1 saturated carbocycles. The van der Waals surface area contributed by atoms with Crippen molar-refractivity contribution >= 4 is 0 Å². The average Bonchev–Trinajstić information content (AvgIpc) is 2.60. The topological polar surface area (TPSA) is 3.24 Å². The van der Waals surface area contributed by atoms with Gasteiger partial charge in [0.25, 0.3) is 0 Å². The maximum absolute atomic E-state index is 2.68. The van der Waals surface area contributed by atoms with Crippen molar-refractivity contribution in [3.05, 3.63) is 35.9 Å². The van der Waals surface area contributed by atoms with E-state index in [1.807, 2.05) is 0 Å². The molecule has 1 saturated heterocycles. The molecule has 2 aliphatic rings. The maximum atomic E-state index is 2.68. The Balaban J connectivity index is 1.82. The third kappa shape index (κ3) is 2.01. The molecule has 1 aromatic carbocycles. The van der Waals surface area contributed by atoms with E-state index in [1.54, 1.807) is 5.56 Å². The first-order valence-corrected chi connectivity index (χ1v) is 7.04. The third-order valence-electron chi connectivity index (χ3n) is 4.78. The highest BCUT2D eigenvalue weighted by atomic mass is 15.2. The number of benzene rings is 1. The molecule has 17 heavy (non-hydrogen) atoms. The molecule has 1 heteroatoms. The molecular formula is C16H23N. The van der Waals surface area contributed by atoms with Gasteiger partial charge in [0.05, 0.1) is 0 Å². The first kappa shape index (κ1) is 11.3. The van der Waals surface area contributed by atoms with Gasteiger partial charge in [-0.15, -0.1) is 0 Å². The van der Waals surface area contributed by atoms with Crippen molar-refractivity contribution in [1.29, 1.82) is 0 Å². The SMILES string of the molecule is CC(C)N1CC2CCC(C1)C2c1ccccc1. The highest BCUT2D eigenvalue weighted by molar-refractivity contribution is 5.24. The molecule has 0 aromatic heterocycles. The van der Waals surface area contributed by atoms with Crippen LogP contribution in [-0.4, -0.2) is 24.0 Å². The molecule has 0 N–H and O–H groups in total. The molecule has 0 radical (unpaired) electrons. The molecule has 1 aromatic rings. The van der Waals surface area contributed by atoms with Gasteiger partial charge in [-0.2, -0.15) is 0 Å². The average molecular weight is 229 g/mol. The molecule has 2 atom stereocenters. The van der Waals surface area contributed by atoms with Gasteiger partial charge in [0.15, 0.2) is 0 Å². The van der Waals surface area contributed by atoms with Crippen LogP contribution >= 0.6 is 0 Å². The summed E-state index contributed by atoms with van der Waals surface area (Å²) in [6.07, 6.45) is 2.88. The van der Waals surface area contributed by atoms with E-state index in [9.17, 15) is 0 Å². The summed E-state index contributed by atoms with van der Waals surface area (Å²) in [7, 11) is 0. The standard InChI is InChI=1S/C16H23N/c1-12(2)17-10-14-8-9-15(11-17)16(14)13-6-4-3-5-7-13/h3-7,12,14-16H,8-11H2,1-2H3. The van der Waals surface area contributed by atoms with Crippen LogP contribution in [0.3, 0.4) is 0 Å². The number of piperidine rings is 1. The first-order chi connectivity index (χ1) is 8.25. The lowest BCUT2D eigenvalue weighted by molar-refractivity contribution is 0.115. The molecule has 3 rings (SSSR count). The van der Waals surface area contributed by atoms with Crippen molar-refractivity contribution in [2.24, 2.45) is 11.8 Å². The van der Waals surface area contributed by atoms with Gasteiger partial charge in [-0.25, -0.2) is 0 Å². The number of hydrogen-bond donors (Lipinski definition) is 0. The molecule has 0 amide bonds. The molecule has 2 unspecified atom stereocenters. The van der Waals surface area contributed by atoms with Crippen LogP contribution in [0.1, 0.15) is 38.2 Å². The minimum atomic E-state index is 0.717. The van der Waals surface area contributed by atoms with Gasteiger partial charge in [-0.05, 0) is 50.0 Å². The fourth-order valence-corrected chi connectivity index (χ4v) is 3.90. The Hall–Kier alpha value is -0.820. The number of fused-ring (bicyclic) bond motifs is 2. The van der Waals surface area contributed by atoms with Crippen LogP contribution in [-0.2, 0) is 0 Å². The summed E-state index contributed by atoms with van der Waals surface area (Å²) < 4.78 is 0. The normalized spacial score (nSPS) is 33.2. The van der Waals surface area contributed by atoms with E-state index in [2.05, 4.69) is 49.1 Å². The number of hydrogen-bond acceptors (Lipinski definition) is 1. The predicted octanol–water partition coefficient (Wildman–Crippen LogP) is 3.52. The van der Waals surface area contributed by atoms with E-state index in [-0.39, 0.29) is 0 Å². The van der Waals surface area contributed by atoms with Gasteiger partial charge in [-0.1, -0.05) is 30.3 Å². The quantitative estimate of drug-likeness (QED) is 0.750. The second kappa shape index (κ2) is 4.45. The van der Waals surface area contributed by atoms with E-state index in [0.29, 0.717) is 0 Å². The number of nitrogens with zero attached hydrogens (tertiary/aromatic N) is 1. The van der Waals surface area contributed by atoms with Crippen LogP contribution in [0.5, 0.6) is 0 Å². The van der Waals surface area contributed by atoms with Crippen molar-refractivity contribution in [2.75, 3.05) is 13.1 Å². The van der Waals surface area contributed by atoms with Crippen molar-refractivity contribution in [3.63, 3.8) is 0 Å². The lowest BCUT2D eigenvalue weighted by Gasteiger charge is -2.40. The van der Waals surface area contributed by atoms with Gasteiger partial charge >= 0.3 is 0 Å². The lowest BCUT2D eigenvalue weighted by atomic mass is 9.79. The first-order valence-electron chi connectivity index (χ1n) is 7.04. The molecule has 2 fully saturated rings. The smallest absolute Gasteiger partial charge is 0.00388 e. The second-order valence-electron chi connectivity index (χ2n) is 6.08. The molecule has 2 bridgehead atoms. The number of likely N-dealkylation sites (tertiary alicyclic amines) is 1.